The third kappa shape index (κ3) is 13.9. The fourth-order valence-corrected chi connectivity index (χ4v) is 12.1. The molecule has 3 aromatic carbocycles. The zero-order chi connectivity index (χ0) is 54.1. The van der Waals surface area contributed by atoms with Gasteiger partial charge in [0.1, 0.15) is 18.1 Å². The van der Waals surface area contributed by atoms with Crippen molar-refractivity contribution < 1.29 is 28.6 Å². The van der Waals surface area contributed by atoms with Gasteiger partial charge in [-0.25, -0.2) is 0 Å². The first-order valence-corrected chi connectivity index (χ1v) is 28.1. The third-order valence-electron chi connectivity index (χ3n) is 16.4. The van der Waals surface area contributed by atoms with E-state index in [9.17, 15) is 14.4 Å². The predicted molar refractivity (Wildman–Crippen MR) is 309 cm³/mol. The van der Waals surface area contributed by atoms with Gasteiger partial charge in [-0.2, -0.15) is 10.2 Å². The summed E-state index contributed by atoms with van der Waals surface area (Å²) in [5.74, 6) is 0.367. The average Bonchev–Trinajstić information content (AvgIpc) is 4.18. The summed E-state index contributed by atoms with van der Waals surface area (Å²) in [5.41, 5.74) is 18.5. The van der Waals surface area contributed by atoms with Crippen molar-refractivity contribution in [3.8, 4) is 5.75 Å². The summed E-state index contributed by atoms with van der Waals surface area (Å²) in [6.45, 7) is 25.2. The second kappa shape index (κ2) is 25.4. The van der Waals surface area contributed by atoms with Gasteiger partial charge in [0, 0.05) is 30.8 Å². The zero-order valence-corrected chi connectivity index (χ0v) is 47.0. The molecule has 6 atom stereocenters. The first-order chi connectivity index (χ1) is 36.4. The Kier molecular flexibility index (Phi) is 18.8. The highest BCUT2D eigenvalue weighted by Crippen LogP contribution is 2.49. The van der Waals surface area contributed by atoms with E-state index < -0.39 is 17.4 Å². The minimum atomic E-state index is -0.726. The summed E-state index contributed by atoms with van der Waals surface area (Å²) in [5, 5.41) is 12.5. The molecule has 0 radical (unpaired) electrons. The molecule has 0 aromatic heterocycles. The van der Waals surface area contributed by atoms with Crippen LogP contribution in [0.3, 0.4) is 0 Å². The number of ketones is 2. The lowest BCUT2D eigenvalue weighted by Crippen LogP contribution is -2.53. The van der Waals surface area contributed by atoms with Crippen molar-refractivity contribution >= 4 is 40.0 Å². The van der Waals surface area contributed by atoms with Crippen LogP contribution in [0.15, 0.2) is 141 Å². The number of unbranched alkanes of at least 4 members (excludes halogenated alkanes) is 2. The topological polar surface area (TPSA) is 116 Å². The lowest BCUT2D eigenvalue weighted by molar-refractivity contribution is -0.137. The van der Waals surface area contributed by atoms with Crippen LogP contribution in [0, 0.1) is 41.9 Å². The molecule has 0 spiro atoms. The van der Waals surface area contributed by atoms with Crippen LogP contribution in [0.5, 0.6) is 5.75 Å². The van der Waals surface area contributed by atoms with Gasteiger partial charge in [-0.3, -0.25) is 14.4 Å². The molecule has 402 valence electrons. The average molecular weight is 1030 g/mol. The summed E-state index contributed by atoms with van der Waals surface area (Å²) < 4.78 is 17.6. The van der Waals surface area contributed by atoms with Crippen LogP contribution >= 0.6 is 0 Å². The van der Waals surface area contributed by atoms with Crippen molar-refractivity contribution in [3.63, 3.8) is 0 Å². The van der Waals surface area contributed by atoms with Crippen LogP contribution in [-0.4, -0.2) is 68.0 Å². The van der Waals surface area contributed by atoms with Gasteiger partial charge in [0.05, 0.1) is 43.2 Å². The van der Waals surface area contributed by atoms with Crippen LogP contribution in [0.4, 0.5) is 0 Å². The number of Topliss-reactive ketones (excluding diaryl/α,β-unsaturated/α-hetero) is 2. The van der Waals surface area contributed by atoms with Crippen molar-refractivity contribution in [1.29, 1.82) is 0 Å². The number of carbonyl (C=O) groups is 3. The molecule has 76 heavy (non-hydrogen) atoms. The molecule has 3 aromatic rings. The first-order valence-electron chi connectivity index (χ1n) is 28.1. The summed E-state index contributed by atoms with van der Waals surface area (Å²) in [4.78, 5) is 41.1. The molecule has 5 unspecified atom stereocenters. The van der Waals surface area contributed by atoms with E-state index in [0.29, 0.717) is 45.5 Å². The Morgan fingerprint density at radius 1 is 0.789 bits per heavy atom. The number of allylic oxidation sites excluding steroid dienone is 11. The normalized spacial score (nSPS) is 21.5. The molecule has 9 nitrogen and oxygen atoms in total. The van der Waals surface area contributed by atoms with Crippen LogP contribution in [0.1, 0.15) is 141 Å². The predicted octanol–water partition coefficient (Wildman–Crippen LogP) is 14.0. The second-order valence-corrected chi connectivity index (χ2v) is 23.6. The minimum absolute atomic E-state index is 0.0502. The summed E-state index contributed by atoms with van der Waals surface area (Å²) in [6, 6.07) is 25.1. The Hall–Kier alpha value is -6.03. The molecule has 1 fully saturated rings. The monoisotopic (exact) mass is 1030 g/mol. The van der Waals surface area contributed by atoms with E-state index in [0.717, 1.165) is 67.7 Å². The highest BCUT2D eigenvalue weighted by molar-refractivity contribution is 6.16. The number of rotatable bonds is 25. The molecule has 9 heteroatoms. The molecule has 8 rings (SSSR count). The number of fused-ring (bicyclic) bond motifs is 2. The maximum Gasteiger partial charge on any atom is 0.246 e. The first kappa shape index (κ1) is 56.2. The van der Waals surface area contributed by atoms with Gasteiger partial charge in [-0.1, -0.05) is 130 Å². The SMILES string of the molecule is C=C(Cc1ccc(OCCCCCOCCOCC(=O)NC(C(=O)C2CC(C)C[C@H]2C(=O)CCc2ccc(C3=C(C)C=CC3)cc2)C(C)(C)C)cc1)CC1C=C(c2ccc(C)cc2)C2=C(CC(C)=C2C)C2C(C)=NN=C12. The van der Waals surface area contributed by atoms with Crippen LogP contribution in [-0.2, 0) is 36.7 Å². The molecule has 0 bridgehead atoms. The Morgan fingerprint density at radius 3 is 2.18 bits per heavy atom. The van der Waals surface area contributed by atoms with E-state index >= 15 is 0 Å². The maximum atomic E-state index is 14.2. The molecule has 1 saturated carbocycles. The standard InChI is InChI=1S/C67H83N3O6/c1-42-17-24-52(25-18-42)56-40-53(64-63(48(7)69-70-64)59-39-46(5)47(6)62(56)59)36-43(2)35-50-21-28-54(29-22-50)76-32-13-11-12-31-74-33-34-75-41-61(72)68-66(67(8,9)10)65(73)58-38-44(3)37-57(58)60(71)30-23-49-19-26-51(27-20-49)55-16-14-15-45(55)4/h14-15,17-22,24-29,40,44,53,57-58,63,66H,2,11-13,16,23,30-39,41H2,1,3-10H3,(H,68,72)/t44?,53?,57-,58?,63?,66?/m1/s1. The number of amides is 1. The van der Waals surface area contributed by atoms with Crippen LogP contribution < -0.4 is 10.1 Å². The smallest absolute Gasteiger partial charge is 0.246 e. The molecule has 5 aliphatic rings. The highest BCUT2D eigenvalue weighted by atomic mass is 16.5. The molecule has 1 N–H and O–H groups in total. The number of carbonyl (C=O) groups excluding carboxylic acids is 3. The minimum Gasteiger partial charge on any atom is -0.494 e. The number of nitrogens with one attached hydrogen (secondary N) is 1. The largest absolute Gasteiger partial charge is 0.494 e. The van der Waals surface area contributed by atoms with E-state index in [4.69, 9.17) is 19.3 Å². The Bertz CT molecular complexity index is 2850. The summed E-state index contributed by atoms with van der Waals surface area (Å²) in [6.07, 6.45) is 15.5. The Morgan fingerprint density at radius 2 is 1.47 bits per heavy atom. The van der Waals surface area contributed by atoms with E-state index in [1.165, 1.54) is 66.8 Å². The number of aryl methyl sites for hydroxylation is 2. The van der Waals surface area contributed by atoms with Gasteiger partial charge in [0.25, 0.3) is 0 Å². The molecule has 1 heterocycles. The van der Waals surface area contributed by atoms with Crippen molar-refractivity contribution in [1.82, 2.24) is 5.32 Å². The molecular weight excluding hydrogens is 943 g/mol. The number of hydrogen-bond acceptors (Lipinski definition) is 8. The number of ether oxygens (including phenoxy) is 3. The second-order valence-electron chi connectivity index (χ2n) is 23.6. The van der Waals surface area contributed by atoms with Crippen molar-refractivity contribution in [2.24, 2.45) is 45.2 Å². The van der Waals surface area contributed by atoms with Gasteiger partial charge in [0.2, 0.25) is 5.91 Å². The van der Waals surface area contributed by atoms with Gasteiger partial charge in [0.15, 0.2) is 5.78 Å². The molecular formula is C67H83N3O6. The van der Waals surface area contributed by atoms with E-state index in [1.54, 1.807) is 0 Å². The van der Waals surface area contributed by atoms with E-state index in [-0.39, 0.29) is 54.4 Å². The molecule has 1 aliphatic heterocycles. The lowest BCUT2D eigenvalue weighted by Gasteiger charge is -2.33. The van der Waals surface area contributed by atoms with E-state index in [1.807, 2.05) is 20.8 Å². The third-order valence-corrected chi connectivity index (χ3v) is 16.4. The molecule has 4 aliphatic carbocycles. The fraction of sp³-hybridized carbons (Fsp3) is 0.478. The van der Waals surface area contributed by atoms with Crippen molar-refractivity contribution in [2.45, 2.75) is 139 Å². The summed E-state index contributed by atoms with van der Waals surface area (Å²) in [7, 11) is 0. The van der Waals surface area contributed by atoms with Gasteiger partial charge in [-0.05, 0) is 178 Å². The number of nitrogens with zero attached hydrogens (tertiary/aromatic N) is 2. The lowest BCUT2D eigenvalue weighted by atomic mass is 9.76. The molecule has 0 saturated heterocycles. The highest BCUT2D eigenvalue weighted by Gasteiger charge is 2.46. The fourth-order valence-electron chi connectivity index (χ4n) is 12.1. The molecule has 1 amide bonds. The summed E-state index contributed by atoms with van der Waals surface area (Å²) >= 11 is 0. The van der Waals surface area contributed by atoms with Gasteiger partial charge >= 0.3 is 0 Å². The van der Waals surface area contributed by atoms with Crippen molar-refractivity contribution in [3.05, 3.63) is 159 Å². The Balaban J connectivity index is 0.705. The Labute approximate surface area is 453 Å². The van der Waals surface area contributed by atoms with Crippen LogP contribution in [0.2, 0.25) is 0 Å². The van der Waals surface area contributed by atoms with Gasteiger partial charge in [-0.15, -0.1) is 0 Å². The van der Waals surface area contributed by atoms with E-state index in [2.05, 4.69) is 150 Å². The zero-order valence-electron chi connectivity index (χ0n) is 47.0. The quantitative estimate of drug-likeness (QED) is 0.0668. The maximum absolute atomic E-state index is 14.2. The number of hydrogen-bond donors (Lipinski definition) is 1. The number of benzene rings is 3. The van der Waals surface area contributed by atoms with Crippen LogP contribution in [0.25, 0.3) is 11.1 Å². The van der Waals surface area contributed by atoms with Crippen molar-refractivity contribution in [2.75, 3.05) is 33.0 Å². The van der Waals surface area contributed by atoms with Gasteiger partial charge < -0.3 is 19.5 Å².